The highest BCUT2D eigenvalue weighted by atomic mass is 32.2. The molecule has 0 aliphatic heterocycles. The summed E-state index contributed by atoms with van der Waals surface area (Å²) in [4.78, 5) is 12.7. The van der Waals surface area contributed by atoms with Crippen molar-refractivity contribution in [2.75, 3.05) is 10.6 Å². The largest absolute Gasteiger partial charge is 0.349 e. The van der Waals surface area contributed by atoms with Gasteiger partial charge in [-0.15, -0.1) is 0 Å². The number of anilines is 1. The molecule has 30 heavy (non-hydrogen) atoms. The summed E-state index contributed by atoms with van der Waals surface area (Å²) < 4.78 is 26.4. The Hall–Kier alpha value is -2.34. The van der Waals surface area contributed by atoms with Gasteiger partial charge in [0.1, 0.15) is 0 Å². The lowest BCUT2D eigenvalue weighted by molar-refractivity contribution is 0.0923. The molecular weight excluding hydrogens is 396 g/mol. The molecule has 1 N–H and O–H groups in total. The Labute approximate surface area is 179 Å². The van der Waals surface area contributed by atoms with Crippen LogP contribution in [0.5, 0.6) is 0 Å². The fourth-order valence-corrected chi connectivity index (χ4v) is 5.91. The number of carbonyl (C=O) groups is 1. The van der Waals surface area contributed by atoms with Crippen molar-refractivity contribution in [1.82, 2.24) is 5.32 Å². The molecule has 2 fully saturated rings. The number of nitrogens with zero attached hydrogens (tertiary/aromatic N) is 1. The van der Waals surface area contributed by atoms with Crippen LogP contribution in [0.1, 0.15) is 52.7 Å². The molecule has 2 saturated carbocycles. The maximum absolute atomic E-state index is 12.7. The van der Waals surface area contributed by atoms with E-state index >= 15 is 0 Å². The molecule has 3 unspecified atom stereocenters. The second-order valence-corrected chi connectivity index (χ2v) is 10.9. The highest BCUT2D eigenvalue weighted by Gasteiger charge is 2.40. The molecule has 0 heterocycles. The van der Waals surface area contributed by atoms with Crippen LogP contribution in [0.25, 0.3) is 0 Å². The van der Waals surface area contributed by atoms with Gasteiger partial charge in [-0.1, -0.05) is 30.7 Å². The standard InChI is InChI=1S/C24H30N2O3S/c1-16-4-5-17(2)23(12-16)26(30(3,28)29)15-18-6-9-20(10-7-18)24(27)25-22-14-19-8-11-21(22)13-19/h4-7,9-10,12,19,21-22H,8,11,13-15H2,1-3H3,(H,25,27). The first-order valence-electron chi connectivity index (χ1n) is 10.7. The lowest BCUT2D eigenvalue weighted by atomic mass is 9.95. The fraction of sp³-hybridized carbons (Fsp3) is 0.458. The van der Waals surface area contributed by atoms with Crippen LogP contribution in [-0.4, -0.2) is 26.6 Å². The van der Waals surface area contributed by atoms with Crippen molar-refractivity contribution < 1.29 is 13.2 Å². The maximum atomic E-state index is 12.7. The summed E-state index contributed by atoms with van der Waals surface area (Å²) in [5.74, 6) is 1.39. The number of benzene rings is 2. The fourth-order valence-electron chi connectivity index (χ4n) is 4.97. The number of carbonyl (C=O) groups excluding carboxylic acids is 1. The maximum Gasteiger partial charge on any atom is 0.251 e. The molecule has 1 amide bonds. The number of fused-ring (bicyclic) bond motifs is 2. The van der Waals surface area contributed by atoms with Crippen molar-refractivity contribution >= 4 is 21.6 Å². The molecule has 5 nitrogen and oxygen atoms in total. The summed E-state index contributed by atoms with van der Waals surface area (Å²) in [5.41, 5.74) is 4.08. The lowest BCUT2D eigenvalue weighted by Gasteiger charge is -2.25. The van der Waals surface area contributed by atoms with E-state index in [9.17, 15) is 13.2 Å². The van der Waals surface area contributed by atoms with Crippen LogP contribution in [0, 0.1) is 25.7 Å². The van der Waals surface area contributed by atoms with Crippen molar-refractivity contribution in [3.63, 3.8) is 0 Å². The number of sulfonamides is 1. The van der Waals surface area contributed by atoms with Gasteiger partial charge in [-0.05, 0) is 79.8 Å². The minimum absolute atomic E-state index is 0.0337. The van der Waals surface area contributed by atoms with Crippen LogP contribution in [0.2, 0.25) is 0 Å². The molecule has 0 aromatic heterocycles. The van der Waals surface area contributed by atoms with Crippen LogP contribution in [0.3, 0.4) is 0 Å². The van der Waals surface area contributed by atoms with Crippen LogP contribution in [-0.2, 0) is 16.6 Å². The minimum Gasteiger partial charge on any atom is -0.349 e. The highest BCUT2D eigenvalue weighted by Crippen LogP contribution is 2.44. The quantitative estimate of drug-likeness (QED) is 0.753. The van der Waals surface area contributed by atoms with Crippen molar-refractivity contribution in [3.05, 3.63) is 64.7 Å². The van der Waals surface area contributed by atoms with Crippen LogP contribution in [0.4, 0.5) is 5.69 Å². The zero-order valence-electron chi connectivity index (χ0n) is 17.9. The summed E-state index contributed by atoms with van der Waals surface area (Å²) >= 11 is 0. The Morgan fingerprint density at radius 3 is 2.40 bits per heavy atom. The molecule has 3 atom stereocenters. The van der Waals surface area contributed by atoms with Crippen molar-refractivity contribution in [1.29, 1.82) is 0 Å². The molecule has 6 heteroatoms. The Morgan fingerprint density at radius 1 is 1.07 bits per heavy atom. The first-order valence-corrected chi connectivity index (χ1v) is 12.5. The SMILES string of the molecule is Cc1ccc(C)c(N(Cc2ccc(C(=O)NC3CC4CCC3C4)cc2)S(C)(=O)=O)c1. The van der Waals surface area contributed by atoms with E-state index in [0.717, 1.165) is 29.0 Å². The third kappa shape index (κ3) is 4.38. The molecule has 2 aromatic carbocycles. The Bertz CT molecular complexity index is 1050. The summed E-state index contributed by atoms with van der Waals surface area (Å²) in [5, 5.41) is 3.21. The average molecular weight is 427 g/mol. The van der Waals surface area contributed by atoms with Gasteiger partial charge in [-0.2, -0.15) is 0 Å². The monoisotopic (exact) mass is 426 g/mol. The van der Waals surface area contributed by atoms with E-state index in [-0.39, 0.29) is 12.5 Å². The predicted molar refractivity (Wildman–Crippen MR) is 120 cm³/mol. The van der Waals surface area contributed by atoms with E-state index in [0.29, 0.717) is 23.2 Å². The highest BCUT2D eigenvalue weighted by molar-refractivity contribution is 7.92. The molecule has 2 aliphatic rings. The summed E-state index contributed by atoms with van der Waals surface area (Å²) in [6, 6.07) is 13.4. The molecule has 0 saturated heterocycles. The lowest BCUT2D eigenvalue weighted by Crippen LogP contribution is -2.38. The predicted octanol–water partition coefficient (Wildman–Crippen LogP) is 4.19. The van der Waals surface area contributed by atoms with Gasteiger partial charge in [0.05, 0.1) is 18.5 Å². The number of hydrogen-bond donors (Lipinski definition) is 1. The van der Waals surface area contributed by atoms with E-state index in [1.165, 1.54) is 29.8 Å². The second-order valence-electron chi connectivity index (χ2n) is 9.01. The molecule has 160 valence electrons. The van der Waals surface area contributed by atoms with E-state index in [4.69, 9.17) is 0 Å². The first-order chi connectivity index (χ1) is 14.2. The summed E-state index contributed by atoms with van der Waals surface area (Å²) in [6.45, 7) is 4.10. The first kappa shape index (κ1) is 20.9. The topological polar surface area (TPSA) is 66.5 Å². The normalized spacial score (nSPS) is 22.8. The summed E-state index contributed by atoms with van der Waals surface area (Å²) in [7, 11) is -3.45. The van der Waals surface area contributed by atoms with Crippen LogP contribution >= 0.6 is 0 Å². The van der Waals surface area contributed by atoms with E-state index in [1.807, 2.05) is 44.2 Å². The second kappa shape index (κ2) is 8.06. The number of aryl methyl sites for hydroxylation is 2. The summed E-state index contributed by atoms with van der Waals surface area (Å²) in [6.07, 6.45) is 6.13. The van der Waals surface area contributed by atoms with E-state index in [2.05, 4.69) is 5.32 Å². The number of amides is 1. The number of hydrogen-bond acceptors (Lipinski definition) is 3. The van der Waals surface area contributed by atoms with Gasteiger partial charge in [-0.3, -0.25) is 9.10 Å². The minimum atomic E-state index is -3.45. The van der Waals surface area contributed by atoms with Crippen LogP contribution < -0.4 is 9.62 Å². The zero-order chi connectivity index (χ0) is 21.5. The molecule has 2 bridgehead atoms. The third-order valence-electron chi connectivity index (χ3n) is 6.63. The van der Waals surface area contributed by atoms with Gasteiger partial charge in [-0.25, -0.2) is 8.42 Å². The van der Waals surface area contributed by atoms with Crippen molar-refractivity contribution in [2.45, 2.75) is 52.1 Å². The molecule has 0 radical (unpaired) electrons. The molecule has 2 aliphatic carbocycles. The van der Waals surface area contributed by atoms with Gasteiger partial charge in [0.15, 0.2) is 0 Å². The van der Waals surface area contributed by atoms with Crippen molar-refractivity contribution in [3.8, 4) is 0 Å². The van der Waals surface area contributed by atoms with Crippen LogP contribution in [0.15, 0.2) is 42.5 Å². The van der Waals surface area contributed by atoms with Gasteiger partial charge < -0.3 is 5.32 Å². The zero-order valence-corrected chi connectivity index (χ0v) is 18.7. The molecular formula is C24H30N2O3S. The van der Waals surface area contributed by atoms with Crippen molar-refractivity contribution in [2.24, 2.45) is 11.8 Å². The average Bonchev–Trinajstić information content (AvgIpc) is 3.31. The van der Waals surface area contributed by atoms with E-state index < -0.39 is 10.0 Å². The number of rotatable bonds is 6. The Morgan fingerprint density at radius 2 is 1.80 bits per heavy atom. The van der Waals surface area contributed by atoms with E-state index in [1.54, 1.807) is 12.1 Å². The molecule has 2 aromatic rings. The Kier molecular flexibility index (Phi) is 5.62. The molecule has 4 rings (SSSR count). The van der Waals surface area contributed by atoms with Gasteiger partial charge in [0.25, 0.3) is 5.91 Å². The molecule has 0 spiro atoms. The Balaban J connectivity index is 1.48. The third-order valence-corrected chi connectivity index (χ3v) is 7.76. The van der Waals surface area contributed by atoms with Gasteiger partial charge in [0, 0.05) is 11.6 Å². The number of nitrogens with one attached hydrogen (secondary N) is 1. The smallest absolute Gasteiger partial charge is 0.251 e. The van der Waals surface area contributed by atoms with Gasteiger partial charge >= 0.3 is 0 Å². The van der Waals surface area contributed by atoms with Gasteiger partial charge in [0.2, 0.25) is 10.0 Å².